The topological polar surface area (TPSA) is 48.0 Å². The maximum atomic E-state index is 12.5. The van der Waals surface area contributed by atoms with E-state index in [-0.39, 0.29) is 5.91 Å². The minimum Gasteiger partial charge on any atom is -0.493 e. The van der Waals surface area contributed by atoms with E-state index in [1.807, 2.05) is 6.92 Å². The summed E-state index contributed by atoms with van der Waals surface area (Å²) in [6, 6.07) is 3.31. The van der Waals surface area contributed by atoms with Crippen molar-refractivity contribution in [3.63, 3.8) is 0 Å². The summed E-state index contributed by atoms with van der Waals surface area (Å²) in [5, 5.41) is 0.388. The van der Waals surface area contributed by atoms with Gasteiger partial charge in [-0.15, -0.1) is 0 Å². The highest BCUT2D eigenvalue weighted by atomic mass is 35.5. The summed E-state index contributed by atoms with van der Waals surface area (Å²) < 4.78 is 16.1. The Kier molecular flexibility index (Phi) is 5.70. The van der Waals surface area contributed by atoms with Crippen LogP contribution in [0.3, 0.4) is 0 Å². The zero-order valence-electron chi connectivity index (χ0n) is 12.4. The second-order valence-corrected chi connectivity index (χ2v) is 5.15. The standard InChI is InChI=1S/C15H20ClNO4/c1-3-6-21-14-12(16)9-11(10-13(14)19-2)15(18)17-4-7-20-8-5-17/h9-10H,3-8H2,1-2H3. The molecule has 1 aliphatic rings. The second-order valence-electron chi connectivity index (χ2n) is 4.74. The molecule has 116 valence electrons. The van der Waals surface area contributed by atoms with Gasteiger partial charge in [0.25, 0.3) is 5.91 Å². The summed E-state index contributed by atoms with van der Waals surface area (Å²) in [6.07, 6.45) is 0.869. The van der Waals surface area contributed by atoms with E-state index in [2.05, 4.69) is 0 Å². The molecule has 1 aromatic rings. The van der Waals surface area contributed by atoms with Crippen LogP contribution in [0.4, 0.5) is 0 Å². The SMILES string of the molecule is CCCOc1c(Cl)cc(C(=O)N2CCOCC2)cc1OC. The van der Waals surface area contributed by atoms with Crippen LogP contribution in [0, 0.1) is 0 Å². The van der Waals surface area contributed by atoms with Gasteiger partial charge in [0.2, 0.25) is 0 Å². The molecule has 1 aromatic carbocycles. The van der Waals surface area contributed by atoms with Crippen LogP contribution in [0.5, 0.6) is 11.5 Å². The second kappa shape index (κ2) is 7.52. The number of amides is 1. The number of nitrogens with zero attached hydrogens (tertiary/aromatic N) is 1. The number of rotatable bonds is 5. The third-order valence-corrected chi connectivity index (χ3v) is 3.51. The van der Waals surface area contributed by atoms with E-state index in [9.17, 15) is 4.79 Å². The number of hydrogen-bond acceptors (Lipinski definition) is 4. The number of methoxy groups -OCH3 is 1. The van der Waals surface area contributed by atoms with Gasteiger partial charge < -0.3 is 19.1 Å². The molecular formula is C15H20ClNO4. The third kappa shape index (κ3) is 3.80. The van der Waals surface area contributed by atoms with Crippen molar-refractivity contribution in [1.29, 1.82) is 0 Å². The molecule has 1 heterocycles. The number of ether oxygens (including phenoxy) is 3. The van der Waals surface area contributed by atoms with Crippen molar-refractivity contribution in [3.05, 3.63) is 22.7 Å². The van der Waals surface area contributed by atoms with Gasteiger partial charge in [0.15, 0.2) is 11.5 Å². The Morgan fingerprint density at radius 2 is 2.10 bits per heavy atom. The van der Waals surface area contributed by atoms with E-state index in [0.717, 1.165) is 6.42 Å². The first kappa shape index (κ1) is 15.9. The summed E-state index contributed by atoms with van der Waals surface area (Å²) in [5.74, 6) is 0.896. The normalized spacial score (nSPS) is 14.9. The first-order chi connectivity index (χ1) is 10.2. The van der Waals surface area contributed by atoms with Crippen LogP contribution in [0.25, 0.3) is 0 Å². The number of benzene rings is 1. The predicted molar refractivity (Wildman–Crippen MR) is 80.5 cm³/mol. The highest BCUT2D eigenvalue weighted by molar-refractivity contribution is 6.32. The summed E-state index contributed by atoms with van der Waals surface area (Å²) in [7, 11) is 1.54. The third-order valence-electron chi connectivity index (χ3n) is 3.23. The molecule has 6 heteroatoms. The molecule has 1 aliphatic heterocycles. The first-order valence-corrected chi connectivity index (χ1v) is 7.42. The minimum atomic E-state index is -0.0689. The number of halogens is 1. The molecule has 0 saturated carbocycles. The predicted octanol–water partition coefficient (Wildman–Crippen LogP) is 2.61. The van der Waals surface area contributed by atoms with Gasteiger partial charge in [0.05, 0.1) is 32.0 Å². The molecular weight excluding hydrogens is 294 g/mol. The van der Waals surface area contributed by atoms with Gasteiger partial charge in [-0.05, 0) is 18.6 Å². The largest absolute Gasteiger partial charge is 0.493 e. The average molecular weight is 314 g/mol. The Morgan fingerprint density at radius 1 is 1.38 bits per heavy atom. The molecule has 0 bridgehead atoms. The number of carbonyl (C=O) groups is 1. The van der Waals surface area contributed by atoms with E-state index in [1.54, 1.807) is 17.0 Å². The summed E-state index contributed by atoms with van der Waals surface area (Å²) >= 11 is 6.23. The summed E-state index contributed by atoms with van der Waals surface area (Å²) in [6.45, 7) is 4.87. The molecule has 2 rings (SSSR count). The maximum absolute atomic E-state index is 12.5. The Morgan fingerprint density at radius 3 is 2.71 bits per heavy atom. The Balaban J connectivity index is 2.24. The number of carbonyl (C=O) groups excluding carboxylic acids is 1. The van der Waals surface area contributed by atoms with E-state index >= 15 is 0 Å². The number of hydrogen-bond donors (Lipinski definition) is 0. The van der Waals surface area contributed by atoms with Gasteiger partial charge in [-0.2, -0.15) is 0 Å². The van der Waals surface area contributed by atoms with Crippen molar-refractivity contribution in [2.24, 2.45) is 0 Å². The Bertz CT molecular complexity index is 501. The minimum absolute atomic E-state index is 0.0689. The van der Waals surface area contributed by atoms with Crippen molar-refractivity contribution in [2.45, 2.75) is 13.3 Å². The van der Waals surface area contributed by atoms with Gasteiger partial charge in [0.1, 0.15) is 0 Å². The Hall–Kier alpha value is -1.46. The average Bonchev–Trinajstić information content (AvgIpc) is 2.53. The van der Waals surface area contributed by atoms with Crippen LogP contribution >= 0.6 is 11.6 Å². The summed E-state index contributed by atoms with van der Waals surface area (Å²) in [4.78, 5) is 14.2. The highest BCUT2D eigenvalue weighted by Gasteiger charge is 2.21. The smallest absolute Gasteiger partial charge is 0.254 e. The van der Waals surface area contributed by atoms with E-state index in [1.165, 1.54) is 7.11 Å². The van der Waals surface area contributed by atoms with E-state index in [4.69, 9.17) is 25.8 Å². The van der Waals surface area contributed by atoms with E-state index < -0.39 is 0 Å². The molecule has 5 nitrogen and oxygen atoms in total. The molecule has 0 N–H and O–H groups in total. The molecule has 0 aromatic heterocycles. The van der Waals surface area contributed by atoms with Crippen LogP contribution in [0.2, 0.25) is 5.02 Å². The van der Waals surface area contributed by atoms with Gasteiger partial charge in [-0.3, -0.25) is 4.79 Å². The first-order valence-electron chi connectivity index (χ1n) is 7.04. The molecule has 1 fully saturated rings. The zero-order chi connectivity index (χ0) is 15.2. The quantitative estimate of drug-likeness (QED) is 0.838. The van der Waals surface area contributed by atoms with Crippen molar-refractivity contribution in [3.8, 4) is 11.5 Å². The molecule has 0 spiro atoms. The van der Waals surface area contributed by atoms with Crippen LogP contribution in [-0.2, 0) is 4.74 Å². The summed E-state index contributed by atoms with van der Waals surface area (Å²) in [5.41, 5.74) is 0.502. The van der Waals surface area contributed by atoms with Crippen molar-refractivity contribution in [1.82, 2.24) is 4.90 Å². The lowest BCUT2D eigenvalue weighted by Gasteiger charge is -2.27. The fraction of sp³-hybridized carbons (Fsp3) is 0.533. The van der Waals surface area contributed by atoms with Crippen molar-refractivity contribution < 1.29 is 19.0 Å². The molecule has 0 unspecified atom stereocenters. The Labute approximate surface area is 129 Å². The van der Waals surface area contributed by atoms with Gasteiger partial charge >= 0.3 is 0 Å². The van der Waals surface area contributed by atoms with Gasteiger partial charge in [-0.25, -0.2) is 0 Å². The number of morpholine rings is 1. The molecule has 1 saturated heterocycles. The van der Waals surface area contributed by atoms with Gasteiger partial charge in [0, 0.05) is 18.7 Å². The fourth-order valence-corrected chi connectivity index (χ4v) is 2.40. The lowest BCUT2D eigenvalue weighted by molar-refractivity contribution is 0.0302. The van der Waals surface area contributed by atoms with Gasteiger partial charge in [-0.1, -0.05) is 18.5 Å². The molecule has 1 amide bonds. The monoisotopic (exact) mass is 313 g/mol. The fourth-order valence-electron chi connectivity index (χ4n) is 2.14. The molecule has 0 atom stereocenters. The molecule has 0 aliphatic carbocycles. The highest BCUT2D eigenvalue weighted by Crippen LogP contribution is 2.36. The van der Waals surface area contributed by atoms with E-state index in [0.29, 0.717) is 55.0 Å². The lowest BCUT2D eigenvalue weighted by Crippen LogP contribution is -2.40. The zero-order valence-corrected chi connectivity index (χ0v) is 13.1. The van der Waals surface area contributed by atoms with Crippen LogP contribution < -0.4 is 9.47 Å². The van der Waals surface area contributed by atoms with Crippen molar-refractivity contribution in [2.75, 3.05) is 40.0 Å². The molecule has 0 radical (unpaired) electrons. The maximum Gasteiger partial charge on any atom is 0.254 e. The van der Waals surface area contributed by atoms with Crippen LogP contribution in [0.15, 0.2) is 12.1 Å². The lowest BCUT2D eigenvalue weighted by atomic mass is 10.1. The molecule has 21 heavy (non-hydrogen) atoms. The van der Waals surface area contributed by atoms with Crippen molar-refractivity contribution >= 4 is 17.5 Å². The van der Waals surface area contributed by atoms with Crippen LogP contribution in [0.1, 0.15) is 23.7 Å². The van der Waals surface area contributed by atoms with Crippen LogP contribution in [-0.4, -0.2) is 50.8 Å².